The zero-order valence-electron chi connectivity index (χ0n) is 12.2. The van der Waals surface area contributed by atoms with Crippen LogP contribution in [-0.4, -0.2) is 16.4 Å². The minimum atomic E-state index is -0.486. The Bertz CT molecular complexity index is 852. The number of carbonyl (C=O) groups is 1. The van der Waals surface area contributed by atoms with E-state index in [1.807, 2.05) is 44.3 Å². The first-order valence-corrected chi connectivity index (χ1v) is 6.74. The largest absolute Gasteiger partial charge is 0.402 e. The molecule has 0 unspecified atom stereocenters. The summed E-state index contributed by atoms with van der Waals surface area (Å²) in [6.45, 7) is 1.88. The topological polar surface area (TPSA) is 67.4 Å². The fraction of sp³-hybridized carbons (Fsp3) is 0.118. The number of hydrogen-bond acceptors (Lipinski definition) is 4. The van der Waals surface area contributed by atoms with E-state index in [-0.39, 0.29) is 5.70 Å². The molecule has 0 saturated heterocycles. The van der Waals surface area contributed by atoms with Crippen molar-refractivity contribution in [1.82, 2.24) is 4.57 Å². The molecule has 0 aliphatic carbocycles. The van der Waals surface area contributed by atoms with Gasteiger partial charge in [-0.05, 0) is 36.8 Å². The van der Waals surface area contributed by atoms with Crippen molar-refractivity contribution < 1.29 is 9.53 Å². The van der Waals surface area contributed by atoms with Gasteiger partial charge in [0.1, 0.15) is 11.8 Å². The Morgan fingerprint density at radius 1 is 1.32 bits per heavy atom. The number of cyclic esters (lactones) is 1. The average Bonchev–Trinajstić information content (AvgIpc) is 3.03. The van der Waals surface area contributed by atoms with Gasteiger partial charge in [0.05, 0.1) is 0 Å². The first kappa shape index (κ1) is 13.8. The maximum Gasteiger partial charge on any atom is 0.363 e. The van der Waals surface area contributed by atoms with Crippen LogP contribution >= 0.6 is 0 Å². The number of ether oxygens (including phenoxy) is 1. The predicted octanol–water partition coefficient (Wildman–Crippen LogP) is 2.55. The molecule has 0 amide bonds. The van der Waals surface area contributed by atoms with Crippen molar-refractivity contribution in [3.63, 3.8) is 0 Å². The van der Waals surface area contributed by atoms with Gasteiger partial charge in [0.25, 0.3) is 0 Å². The van der Waals surface area contributed by atoms with Gasteiger partial charge in [0.15, 0.2) is 5.70 Å². The predicted molar refractivity (Wildman–Crippen MR) is 81.9 cm³/mol. The molecule has 0 fully saturated rings. The van der Waals surface area contributed by atoms with Crippen molar-refractivity contribution in [3.05, 3.63) is 64.6 Å². The summed E-state index contributed by atoms with van der Waals surface area (Å²) in [6, 6.07) is 13.1. The number of nitrogens with zero attached hydrogens (tertiary/aromatic N) is 3. The molecule has 1 aliphatic rings. The van der Waals surface area contributed by atoms with Crippen molar-refractivity contribution in [2.75, 3.05) is 0 Å². The van der Waals surface area contributed by atoms with Crippen molar-refractivity contribution in [2.24, 2.45) is 12.0 Å². The number of aliphatic imine (C=N–C) groups is 1. The summed E-state index contributed by atoms with van der Waals surface area (Å²) in [5.74, 6) is -0.188. The summed E-state index contributed by atoms with van der Waals surface area (Å²) in [7, 11) is 1.81. The van der Waals surface area contributed by atoms with Crippen LogP contribution in [0, 0.1) is 18.3 Å². The zero-order chi connectivity index (χ0) is 15.7. The van der Waals surface area contributed by atoms with E-state index in [1.54, 1.807) is 16.7 Å². The lowest BCUT2D eigenvalue weighted by atomic mass is 10.2. The van der Waals surface area contributed by atoms with Gasteiger partial charge in [0, 0.05) is 18.3 Å². The highest BCUT2D eigenvalue weighted by atomic mass is 16.6. The van der Waals surface area contributed by atoms with Gasteiger partial charge in [-0.3, -0.25) is 0 Å². The van der Waals surface area contributed by atoms with Gasteiger partial charge in [-0.15, -0.1) is 0 Å². The molecule has 5 heteroatoms. The van der Waals surface area contributed by atoms with Gasteiger partial charge < -0.3 is 9.30 Å². The molecule has 3 rings (SSSR count). The number of esters is 1. The van der Waals surface area contributed by atoms with Crippen molar-refractivity contribution >= 4 is 17.9 Å². The van der Waals surface area contributed by atoms with Crippen LogP contribution in [0.5, 0.6) is 0 Å². The minimum Gasteiger partial charge on any atom is -0.402 e. The second-order valence-electron chi connectivity index (χ2n) is 4.94. The Labute approximate surface area is 127 Å². The van der Waals surface area contributed by atoms with Crippen molar-refractivity contribution in [1.29, 1.82) is 5.26 Å². The van der Waals surface area contributed by atoms with Crippen LogP contribution < -0.4 is 0 Å². The van der Waals surface area contributed by atoms with Crippen LogP contribution in [0.15, 0.2) is 47.1 Å². The first-order chi connectivity index (χ1) is 10.6. The quantitative estimate of drug-likeness (QED) is 0.631. The molecule has 108 valence electrons. The first-order valence-electron chi connectivity index (χ1n) is 6.74. The van der Waals surface area contributed by atoms with Gasteiger partial charge in [-0.2, -0.15) is 5.26 Å². The third-order valence-electron chi connectivity index (χ3n) is 3.62. The van der Waals surface area contributed by atoms with Gasteiger partial charge >= 0.3 is 5.97 Å². The standard InChI is InChI=1S/C17H13N3O2/c1-11-13(8-14(10-18)20(11)2)9-15-17(21)22-16(19-15)12-6-4-3-5-7-12/h3-9H,1-2H3/b15-9-. The van der Waals surface area contributed by atoms with Gasteiger partial charge in [-0.1, -0.05) is 18.2 Å². The van der Waals surface area contributed by atoms with Crippen LogP contribution in [0.3, 0.4) is 0 Å². The lowest BCUT2D eigenvalue weighted by molar-refractivity contribution is -0.129. The number of benzene rings is 1. The van der Waals surface area contributed by atoms with E-state index in [9.17, 15) is 4.79 Å². The Kier molecular flexibility index (Phi) is 3.36. The van der Waals surface area contributed by atoms with E-state index in [4.69, 9.17) is 10.00 Å². The van der Waals surface area contributed by atoms with E-state index < -0.39 is 5.97 Å². The third kappa shape index (κ3) is 2.31. The molecule has 5 nitrogen and oxygen atoms in total. The third-order valence-corrected chi connectivity index (χ3v) is 3.62. The SMILES string of the molecule is Cc1c(/C=C2\N=C(c3ccccc3)OC2=O)cc(C#N)n1C. The number of hydrogen-bond donors (Lipinski definition) is 0. The maximum atomic E-state index is 12.0. The number of aromatic nitrogens is 1. The van der Waals surface area contributed by atoms with E-state index in [2.05, 4.69) is 11.1 Å². The molecule has 0 saturated carbocycles. The molecular weight excluding hydrogens is 278 g/mol. The minimum absolute atomic E-state index is 0.233. The van der Waals surface area contributed by atoms with E-state index in [0.717, 1.165) is 16.8 Å². The van der Waals surface area contributed by atoms with E-state index >= 15 is 0 Å². The van der Waals surface area contributed by atoms with Crippen LogP contribution in [0.1, 0.15) is 22.5 Å². The number of rotatable bonds is 2. The lowest BCUT2D eigenvalue weighted by Gasteiger charge is -1.97. The second kappa shape index (κ2) is 5.34. The molecule has 2 aromatic rings. The molecule has 0 spiro atoms. The van der Waals surface area contributed by atoms with Crippen molar-refractivity contribution in [3.8, 4) is 6.07 Å². The number of nitriles is 1. The molecule has 22 heavy (non-hydrogen) atoms. The highest BCUT2D eigenvalue weighted by molar-refractivity contribution is 6.12. The second-order valence-corrected chi connectivity index (χ2v) is 4.94. The molecule has 2 heterocycles. The molecule has 1 aromatic carbocycles. The Morgan fingerprint density at radius 3 is 2.68 bits per heavy atom. The summed E-state index contributed by atoms with van der Waals surface area (Å²) in [6.07, 6.45) is 1.65. The smallest absolute Gasteiger partial charge is 0.363 e. The highest BCUT2D eigenvalue weighted by Gasteiger charge is 2.24. The normalized spacial score (nSPS) is 15.6. The summed E-state index contributed by atoms with van der Waals surface area (Å²) in [5.41, 5.74) is 3.19. The lowest BCUT2D eigenvalue weighted by Crippen LogP contribution is -2.04. The summed E-state index contributed by atoms with van der Waals surface area (Å²) >= 11 is 0. The van der Waals surface area contributed by atoms with Crippen molar-refractivity contribution in [2.45, 2.75) is 6.92 Å². The summed E-state index contributed by atoms with van der Waals surface area (Å²) in [5, 5.41) is 9.05. The fourth-order valence-electron chi connectivity index (χ4n) is 2.24. The zero-order valence-corrected chi connectivity index (χ0v) is 12.2. The Balaban J connectivity index is 2.00. The maximum absolute atomic E-state index is 12.0. The van der Waals surface area contributed by atoms with Crippen LogP contribution in [0.2, 0.25) is 0 Å². The monoisotopic (exact) mass is 291 g/mol. The van der Waals surface area contributed by atoms with E-state index in [0.29, 0.717) is 11.6 Å². The van der Waals surface area contributed by atoms with Crippen LogP contribution in [-0.2, 0) is 16.6 Å². The molecule has 0 bridgehead atoms. The van der Waals surface area contributed by atoms with Gasteiger partial charge in [-0.25, -0.2) is 9.79 Å². The fourth-order valence-corrected chi connectivity index (χ4v) is 2.24. The highest BCUT2D eigenvalue weighted by Crippen LogP contribution is 2.22. The Morgan fingerprint density at radius 2 is 2.05 bits per heavy atom. The summed E-state index contributed by atoms with van der Waals surface area (Å²) in [4.78, 5) is 16.2. The average molecular weight is 291 g/mol. The molecular formula is C17H13N3O2. The molecule has 0 atom stereocenters. The Hall–Kier alpha value is -3.13. The van der Waals surface area contributed by atoms with Crippen LogP contribution in [0.25, 0.3) is 6.08 Å². The molecule has 1 aliphatic heterocycles. The van der Waals surface area contributed by atoms with E-state index in [1.165, 1.54) is 0 Å². The molecule has 0 N–H and O–H groups in total. The molecule has 1 aromatic heterocycles. The van der Waals surface area contributed by atoms with Gasteiger partial charge in [0.2, 0.25) is 5.90 Å². The molecule has 0 radical (unpaired) electrons. The number of carbonyl (C=O) groups excluding carboxylic acids is 1. The summed E-state index contributed by atoms with van der Waals surface area (Å²) < 4.78 is 6.98. The van der Waals surface area contributed by atoms with Crippen LogP contribution in [0.4, 0.5) is 0 Å².